The van der Waals surface area contributed by atoms with Crippen molar-refractivity contribution in [1.82, 2.24) is 5.32 Å². The van der Waals surface area contributed by atoms with Crippen molar-refractivity contribution in [2.24, 2.45) is 0 Å². The Morgan fingerprint density at radius 1 is 1.46 bits per heavy atom. The van der Waals surface area contributed by atoms with Gasteiger partial charge in [-0.25, -0.2) is 0 Å². The molecule has 1 aromatic rings. The minimum Gasteiger partial charge on any atom is -0.351 e. The Morgan fingerprint density at radius 2 is 2.23 bits per heavy atom. The summed E-state index contributed by atoms with van der Waals surface area (Å²) in [6.45, 7) is 0.624. The molecule has 0 saturated carbocycles. The van der Waals surface area contributed by atoms with Crippen LogP contribution in [0.4, 0.5) is 0 Å². The van der Waals surface area contributed by atoms with E-state index >= 15 is 0 Å². The summed E-state index contributed by atoms with van der Waals surface area (Å²) in [5.41, 5.74) is 1.14. The molecule has 0 heterocycles. The van der Waals surface area contributed by atoms with Gasteiger partial charge in [0.25, 0.3) is 0 Å². The van der Waals surface area contributed by atoms with Crippen molar-refractivity contribution in [2.75, 3.05) is 4.43 Å². The standard InChI is InChI=1S/C9H9I2NO/c10-5-9(13)12-6-7-2-1-3-8(11)4-7/h1-4H,5-6H2,(H,12,13). The molecule has 2 nitrogen and oxygen atoms in total. The Hall–Kier alpha value is 0.150. The quantitative estimate of drug-likeness (QED) is 0.612. The molecule has 4 heteroatoms. The second kappa shape index (κ2) is 5.79. The van der Waals surface area contributed by atoms with E-state index in [1.165, 1.54) is 3.57 Å². The highest BCUT2D eigenvalue weighted by molar-refractivity contribution is 14.1. The second-order valence-electron chi connectivity index (χ2n) is 2.54. The molecule has 1 amide bonds. The zero-order chi connectivity index (χ0) is 9.68. The molecule has 0 unspecified atom stereocenters. The maximum absolute atomic E-state index is 10.9. The lowest BCUT2D eigenvalue weighted by molar-refractivity contribution is -0.118. The summed E-state index contributed by atoms with van der Waals surface area (Å²) in [7, 11) is 0. The average Bonchev–Trinajstić information content (AvgIpc) is 2.14. The van der Waals surface area contributed by atoms with Crippen molar-refractivity contribution in [2.45, 2.75) is 6.54 Å². The van der Waals surface area contributed by atoms with Gasteiger partial charge in [-0.15, -0.1) is 0 Å². The predicted molar refractivity (Wildman–Crippen MR) is 69.9 cm³/mol. The molecule has 0 radical (unpaired) electrons. The van der Waals surface area contributed by atoms with E-state index in [2.05, 4.69) is 34.0 Å². The molecule has 1 N–H and O–H groups in total. The van der Waals surface area contributed by atoms with Crippen molar-refractivity contribution in [3.8, 4) is 0 Å². The van der Waals surface area contributed by atoms with Gasteiger partial charge >= 0.3 is 0 Å². The Labute approximate surface area is 105 Å². The van der Waals surface area contributed by atoms with Crippen LogP contribution in [-0.2, 0) is 11.3 Å². The molecule has 0 spiro atoms. The number of carbonyl (C=O) groups excluding carboxylic acids is 1. The predicted octanol–water partition coefficient (Wildman–Crippen LogP) is 2.34. The number of hydrogen-bond donors (Lipinski definition) is 1. The van der Waals surface area contributed by atoms with Gasteiger partial charge in [-0.1, -0.05) is 34.7 Å². The van der Waals surface area contributed by atoms with E-state index in [-0.39, 0.29) is 5.91 Å². The van der Waals surface area contributed by atoms with Gasteiger partial charge in [0, 0.05) is 10.1 Å². The third-order valence-electron chi connectivity index (χ3n) is 1.50. The molecule has 0 atom stereocenters. The molecule has 0 bridgehead atoms. The fourth-order valence-corrected chi connectivity index (χ4v) is 1.77. The number of nitrogens with one attached hydrogen (secondary N) is 1. The number of benzene rings is 1. The van der Waals surface area contributed by atoms with Gasteiger partial charge in [-0.3, -0.25) is 4.79 Å². The van der Waals surface area contributed by atoms with Crippen LogP contribution in [0.15, 0.2) is 24.3 Å². The van der Waals surface area contributed by atoms with Gasteiger partial charge in [-0.05, 0) is 40.3 Å². The zero-order valence-electron chi connectivity index (χ0n) is 6.89. The van der Waals surface area contributed by atoms with Crippen molar-refractivity contribution in [3.63, 3.8) is 0 Å². The first-order chi connectivity index (χ1) is 6.22. The van der Waals surface area contributed by atoms with Crippen LogP contribution >= 0.6 is 45.2 Å². The van der Waals surface area contributed by atoms with Crippen LogP contribution in [0.1, 0.15) is 5.56 Å². The van der Waals surface area contributed by atoms with E-state index in [0.29, 0.717) is 11.0 Å². The minimum atomic E-state index is 0.0828. The van der Waals surface area contributed by atoms with Gasteiger partial charge in [0.15, 0.2) is 0 Å². The molecule has 13 heavy (non-hydrogen) atoms. The van der Waals surface area contributed by atoms with E-state index in [1.54, 1.807) is 0 Å². The lowest BCUT2D eigenvalue weighted by atomic mass is 10.2. The first-order valence-electron chi connectivity index (χ1n) is 3.79. The highest BCUT2D eigenvalue weighted by Crippen LogP contribution is 2.07. The average molecular weight is 401 g/mol. The lowest BCUT2D eigenvalue weighted by Gasteiger charge is -2.03. The summed E-state index contributed by atoms with van der Waals surface area (Å²) in [4.78, 5) is 10.9. The van der Waals surface area contributed by atoms with Crippen LogP contribution in [0.3, 0.4) is 0 Å². The SMILES string of the molecule is O=C(CI)NCc1cccc(I)c1. The van der Waals surface area contributed by atoms with Crippen molar-refractivity contribution in [1.29, 1.82) is 0 Å². The number of alkyl halides is 1. The second-order valence-corrected chi connectivity index (χ2v) is 4.55. The monoisotopic (exact) mass is 401 g/mol. The Bertz CT molecular complexity index is 301. The molecule has 0 aliphatic carbocycles. The normalized spacial score (nSPS) is 9.69. The largest absolute Gasteiger partial charge is 0.351 e. The molecule has 0 fully saturated rings. The third kappa shape index (κ3) is 4.26. The summed E-state index contributed by atoms with van der Waals surface area (Å²) in [5.74, 6) is 0.0828. The molecular formula is C9H9I2NO. The maximum Gasteiger partial charge on any atom is 0.230 e. The Balaban J connectivity index is 2.50. The smallest absolute Gasteiger partial charge is 0.230 e. The molecule has 1 aromatic carbocycles. The van der Waals surface area contributed by atoms with E-state index in [9.17, 15) is 4.79 Å². The molecular weight excluding hydrogens is 392 g/mol. The van der Waals surface area contributed by atoms with E-state index in [1.807, 2.05) is 40.8 Å². The van der Waals surface area contributed by atoms with Gasteiger partial charge in [0.1, 0.15) is 0 Å². The fourth-order valence-electron chi connectivity index (χ4n) is 0.895. The molecule has 0 aliphatic rings. The summed E-state index contributed by atoms with van der Waals surface area (Å²) >= 11 is 4.31. The maximum atomic E-state index is 10.9. The van der Waals surface area contributed by atoms with Crippen LogP contribution in [0, 0.1) is 3.57 Å². The molecule has 0 aromatic heterocycles. The summed E-state index contributed by atoms with van der Waals surface area (Å²) in [6, 6.07) is 8.10. The van der Waals surface area contributed by atoms with E-state index in [4.69, 9.17) is 0 Å². The van der Waals surface area contributed by atoms with E-state index < -0.39 is 0 Å². The van der Waals surface area contributed by atoms with Gasteiger partial charge in [0.2, 0.25) is 5.91 Å². The summed E-state index contributed by atoms with van der Waals surface area (Å²) in [5, 5.41) is 2.83. The summed E-state index contributed by atoms with van der Waals surface area (Å²) in [6.07, 6.45) is 0. The van der Waals surface area contributed by atoms with Gasteiger partial charge in [0.05, 0.1) is 4.43 Å². The highest BCUT2D eigenvalue weighted by Gasteiger charge is 1.97. The van der Waals surface area contributed by atoms with Crippen LogP contribution in [0.25, 0.3) is 0 Å². The first kappa shape index (κ1) is 11.2. The number of hydrogen-bond acceptors (Lipinski definition) is 1. The summed E-state index contributed by atoms with van der Waals surface area (Å²) < 4.78 is 1.71. The first-order valence-corrected chi connectivity index (χ1v) is 6.40. The lowest BCUT2D eigenvalue weighted by Crippen LogP contribution is -2.23. The Morgan fingerprint density at radius 3 is 2.85 bits per heavy atom. The molecule has 0 aliphatic heterocycles. The number of halogens is 2. The van der Waals surface area contributed by atoms with Crippen molar-refractivity contribution < 1.29 is 4.79 Å². The third-order valence-corrected chi connectivity index (χ3v) is 2.86. The van der Waals surface area contributed by atoms with Crippen LogP contribution in [0.5, 0.6) is 0 Å². The topological polar surface area (TPSA) is 29.1 Å². The van der Waals surface area contributed by atoms with Gasteiger partial charge in [-0.2, -0.15) is 0 Å². The van der Waals surface area contributed by atoms with Crippen LogP contribution in [-0.4, -0.2) is 10.3 Å². The Kier molecular flexibility index (Phi) is 5.00. The zero-order valence-corrected chi connectivity index (χ0v) is 11.2. The highest BCUT2D eigenvalue weighted by atomic mass is 127. The molecule has 70 valence electrons. The van der Waals surface area contributed by atoms with E-state index in [0.717, 1.165) is 5.56 Å². The van der Waals surface area contributed by atoms with Crippen LogP contribution in [0.2, 0.25) is 0 Å². The number of amides is 1. The fraction of sp³-hybridized carbons (Fsp3) is 0.222. The number of carbonyl (C=O) groups is 1. The molecule has 1 rings (SSSR count). The van der Waals surface area contributed by atoms with Crippen molar-refractivity contribution >= 4 is 51.1 Å². The van der Waals surface area contributed by atoms with Crippen LogP contribution < -0.4 is 5.32 Å². The minimum absolute atomic E-state index is 0.0828. The molecule has 0 saturated heterocycles. The number of rotatable bonds is 3. The van der Waals surface area contributed by atoms with Crippen molar-refractivity contribution in [3.05, 3.63) is 33.4 Å². The van der Waals surface area contributed by atoms with Gasteiger partial charge < -0.3 is 5.32 Å².